The van der Waals surface area contributed by atoms with Crippen LogP contribution in [0.15, 0.2) is 48.5 Å². The predicted octanol–water partition coefficient (Wildman–Crippen LogP) is 15.3. The minimum absolute atomic E-state index is 0.0525. The Labute approximate surface area is 310 Å². The first-order valence-electron chi connectivity index (χ1n) is 20.8. The standard InChI is InChI=1S/C47H68N2S/c1-9-15-17-19-21-23-31-47(32-24-22-20-18-16-10-2)41-33-35(37-29-30-40(46(8,13-5)14-6)44-43(37)48-50-49-44)25-27-38(41)39-28-26-36(34-42(39)47)45(7,11-3)12-4/h25-30,33-34H,9-24,31-32H2,1-8H3. The Kier molecular flexibility index (Phi) is 13.4. The molecule has 272 valence electrons. The molecule has 1 aliphatic carbocycles. The van der Waals surface area contributed by atoms with Crippen LogP contribution < -0.4 is 0 Å². The van der Waals surface area contributed by atoms with Crippen LogP contribution in [0.5, 0.6) is 0 Å². The molecule has 0 spiro atoms. The summed E-state index contributed by atoms with van der Waals surface area (Å²) >= 11 is 1.37. The topological polar surface area (TPSA) is 25.8 Å². The third-order valence-corrected chi connectivity index (χ3v) is 14.0. The van der Waals surface area contributed by atoms with E-state index in [0.717, 1.165) is 23.9 Å². The van der Waals surface area contributed by atoms with Crippen LogP contribution in [-0.4, -0.2) is 8.75 Å². The lowest BCUT2D eigenvalue weighted by atomic mass is 9.68. The Balaban J connectivity index is 1.64. The van der Waals surface area contributed by atoms with Crippen molar-refractivity contribution < 1.29 is 0 Å². The number of hydrogen-bond donors (Lipinski definition) is 0. The second-order valence-electron chi connectivity index (χ2n) is 16.3. The predicted molar refractivity (Wildman–Crippen MR) is 221 cm³/mol. The highest BCUT2D eigenvalue weighted by molar-refractivity contribution is 7.00. The maximum atomic E-state index is 4.97. The van der Waals surface area contributed by atoms with Gasteiger partial charge in [-0.2, -0.15) is 8.75 Å². The molecule has 0 amide bonds. The van der Waals surface area contributed by atoms with E-state index >= 15 is 0 Å². The van der Waals surface area contributed by atoms with Crippen LogP contribution in [0.25, 0.3) is 33.3 Å². The van der Waals surface area contributed by atoms with Crippen molar-refractivity contribution in [1.29, 1.82) is 0 Å². The lowest BCUT2D eigenvalue weighted by Crippen LogP contribution is -2.27. The summed E-state index contributed by atoms with van der Waals surface area (Å²) in [6, 6.07) is 19.9. The molecule has 5 rings (SSSR count). The van der Waals surface area contributed by atoms with Crippen LogP contribution in [0.1, 0.15) is 193 Å². The Morgan fingerprint density at radius 2 is 1.02 bits per heavy atom. The van der Waals surface area contributed by atoms with Crippen molar-refractivity contribution in [1.82, 2.24) is 8.75 Å². The molecule has 4 aromatic rings. The van der Waals surface area contributed by atoms with Crippen LogP contribution in [0.2, 0.25) is 0 Å². The average molecular weight is 693 g/mol. The van der Waals surface area contributed by atoms with Crippen molar-refractivity contribution in [3.8, 4) is 22.3 Å². The van der Waals surface area contributed by atoms with Crippen molar-refractivity contribution in [3.05, 3.63) is 70.8 Å². The molecule has 0 N–H and O–H groups in total. The van der Waals surface area contributed by atoms with Crippen LogP contribution in [-0.2, 0) is 16.2 Å². The molecule has 50 heavy (non-hydrogen) atoms. The molecule has 2 nitrogen and oxygen atoms in total. The van der Waals surface area contributed by atoms with Gasteiger partial charge in [-0.25, -0.2) is 0 Å². The minimum atomic E-state index is 0.0525. The summed E-state index contributed by atoms with van der Waals surface area (Å²) in [4.78, 5) is 0. The largest absolute Gasteiger partial charge is 0.173 e. The zero-order chi connectivity index (χ0) is 35.8. The third-order valence-electron chi connectivity index (χ3n) is 13.5. The summed E-state index contributed by atoms with van der Waals surface area (Å²) in [7, 11) is 0. The fourth-order valence-corrected chi connectivity index (χ4v) is 9.57. The second kappa shape index (κ2) is 17.3. The van der Waals surface area contributed by atoms with Crippen molar-refractivity contribution in [3.63, 3.8) is 0 Å². The Bertz CT molecular complexity index is 1650. The molecule has 0 bridgehead atoms. The normalized spacial score (nSPS) is 14.0. The molecule has 1 aliphatic rings. The smallest absolute Gasteiger partial charge is 0.112 e. The number of benzene rings is 3. The summed E-state index contributed by atoms with van der Waals surface area (Å²) in [6.45, 7) is 18.9. The monoisotopic (exact) mass is 693 g/mol. The highest BCUT2D eigenvalue weighted by Crippen LogP contribution is 2.56. The molecule has 3 aromatic carbocycles. The van der Waals surface area contributed by atoms with E-state index in [1.165, 1.54) is 148 Å². The van der Waals surface area contributed by atoms with Gasteiger partial charge in [-0.15, -0.1) is 0 Å². The Hall–Kier alpha value is -2.52. The van der Waals surface area contributed by atoms with Crippen LogP contribution in [0.3, 0.4) is 0 Å². The summed E-state index contributed by atoms with van der Waals surface area (Å²) in [6.07, 6.45) is 23.1. The fourth-order valence-electron chi connectivity index (χ4n) is 8.99. The summed E-state index contributed by atoms with van der Waals surface area (Å²) in [5, 5.41) is 0. The lowest BCUT2D eigenvalue weighted by molar-refractivity contribution is 0.395. The molecular weight excluding hydrogens is 625 g/mol. The maximum absolute atomic E-state index is 4.97. The van der Waals surface area contributed by atoms with Gasteiger partial charge in [-0.3, -0.25) is 0 Å². The van der Waals surface area contributed by atoms with Crippen molar-refractivity contribution >= 4 is 22.8 Å². The van der Waals surface area contributed by atoms with E-state index in [1.54, 1.807) is 11.1 Å². The van der Waals surface area contributed by atoms with Gasteiger partial charge in [0.15, 0.2) is 0 Å². The molecule has 3 heteroatoms. The Morgan fingerprint density at radius 3 is 1.60 bits per heavy atom. The Morgan fingerprint density at radius 1 is 0.520 bits per heavy atom. The zero-order valence-electron chi connectivity index (χ0n) is 33.1. The molecule has 1 aromatic heterocycles. The molecule has 0 saturated heterocycles. The van der Waals surface area contributed by atoms with Gasteiger partial charge in [0.25, 0.3) is 0 Å². The number of fused-ring (bicyclic) bond motifs is 4. The number of aromatic nitrogens is 2. The van der Waals surface area contributed by atoms with Crippen LogP contribution in [0.4, 0.5) is 0 Å². The SMILES string of the molecule is CCCCCCCCC1(CCCCCCCC)c2cc(-c3ccc(C(C)(CC)CC)c4nsnc34)ccc2-c2ccc(C(C)(CC)CC)cc21. The highest BCUT2D eigenvalue weighted by atomic mass is 32.1. The van der Waals surface area contributed by atoms with Crippen molar-refractivity contribution in [2.75, 3.05) is 0 Å². The second-order valence-corrected chi connectivity index (χ2v) is 16.8. The first kappa shape index (κ1) is 38.7. The van der Waals surface area contributed by atoms with E-state index in [4.69, 9.17) is 8.75 Å². The van der Waals surface area contributed by atoms with E-state index in [-0.39, 0.29) is 16.2 Å². The number of unbranched alkanes of at least 4 members (excludes halogenated alkanes) is 10. The van der Waals surface area contributed by atoms with Gasteiger partial charge in [0.05, 0.1) is 11.7 Å². The molecule has 1 heterocycles. The minimum Gasteiger partial charge on any atom is -0.173 e. The fraction of sp³-hybridized carbons (Fsp3) is 0.617. The van der Waals surface area contributed by atoms with Gasteiger partial charge in [-0.05, 0) is 94.4 Å². The van der Waals surface area contributed by atoms with Gasteiger partial charge in [0.2, 0.25) is 0 Å². The van der Waals surface area contributed by atoms with Crippen molar-refractivity contribution in [2.45, 2.75) is 187 Å². The van der Waals surface area contributed by atoms with E-state index < -0.39 is 0 Å². The number of hydrogen-bond acceptors (Lipinski definition) is 3. The van der Waals surface area contributed by atoms with E-state index in [0.29, 0.717) is 0 Å². The summed E-state index contributed by atoms with van der Waals surface area (Å²) < 4.78 is 9.89. The van der Waals surface area contributed by atoms with Gasteiger partial charge < -0.3 is 0 Å². The van der Waals surface area contributed by atoms with Gasteiger partial charge in [0, 0.05) is 11.0 Å². The number of nitrogens with zero attached hydrogens (tertiary/aromatic N) is 2. The van der Waals surface area contributed by atoms with Crippen LogP contribution >= 0.6 is 11.7 Å². The van der Waals surface area contributed by atoms with Gasteiger partial charge in [-0.1, -0.05) is 175 Å². The van der Waals surface area contributed by atoms with Gasteiger partial charge >= 0.3 is 0 Å². The van der Waals surface area contributed by atoms with Gasteiger partial charge in [0.1, 0.15) is 11.0 Å². The molecule has 0 unspecified atom stereocenters. The summed E-state index contributed by atoms with van der Waals surface area (Å²) in [5.74, 6) is 0. The average Bonchev–Trinajstić information content (AvgIpc) is 3.75. The van der Waals surface area contributed by atoms with Crippen molar-refractivity contribution in [2.24, 2.45) is 0 Å². The van der Waals surface area contributed by atoms with E-state index in [1.807, 2.05) is 0 Å². The molecule has 0 aliphatic heterocycles. The van der Waals surface area contributed by atoms with E-state index in [2.05, 4.69) is 104 Å². The molecular formula is C47H68N2S. The first-order chi connectivity index (χ1) is 24.3. The quantitative estimate of drug-likeness (QED) is 0.0812. The maximum Gasteiger partial charge on any atom is 0.112 e. The lowest BCUT2D eigenvalue weighted by Gasteiger charge is -2.35. The third kappa shape index (κ3) is 7.65. The molecule has 0 radical (unpaired) electrons. The zero-order valence-corrected chi connectivity index (χ0v) is 34.0. The number of rotatable bonds is 21. The highest BCUT2D eigenvalue weighted by Gasteiger charge is 2.43. The molecule has 0 fully saturated rings. The van der Waals surface area contributed by atoms with E-state index in [9.17, 15) is 0 Å². The first-order valence-corrected chi connectivity index (χ1v) is 21.5. The summed E-state index contributed by atoms with van der Waals surface area (Å²) in [5.41, 5.74) is 14.1. The molecule has 0 saturated carbocycles. The van der Waals surface area contributed by atoms with Crippen LogP contribution in [0, 0.1) is 0 Å². The molecule has 0 atom stereocenters.